The van der Waals surface area contributed by atoms with Crippen LogP contribution >= 0.6 is 0 Å². The van der Waals surface area contributed by atoms with E-state index >= 15 is 0 Å². The first-order valence-electron chi connectivity index (χ1n) is 13.4. The van der Waals surface area contributed by atoms with E-state index in [0.29, 0.717) is 43.6 Å². The van der Waals surface area contributed by atoms with Crippen molar-refractivity contribution in [3.8, 4) is 17.1 Å². The van der Waals surface area contributed by atoms with E-state index in [-0.39, 0.29) is 31.2 Å². The first kappa shape index (κ1) is 25.9. The maximum Gasteiger partial charge on any atom is 0.395 e. The lowest BCUT2D eigenvalue weighted by molar-refractivity contribution is -0.256. The average Bonchev–Trinajstić information content (AvgIpc) is 3.31. The SMILES string of the molecule is C[C@H]1CCN(C(=O)c2ccc(-c3cnc(OCC4CCN(CC5(C(F)(F)F)CCC5)CC4)nc3)cc2)C1. The molecule has 0 radical (unpaired) electrons. The molecule has 1 aliphatic carbocycles. The molecule has 3 heterocycles. The van der Waals surface area contributed by atoms with Crippen LogP contribution in [0.2, 0.25) is 0 Å². The van der Waals surface area contributed by atoms with Crippen molar-refractivity contribution in [2.24, 2.45) is 17.3 Å². The van der Waals surface area contributed by atoms with Gasteiger partial charge < -0.3 is 14.5 Å². The number of carbonyl (C=O) groups is 1. The summed E-state index contributed by atoms with van der Waals surface area (Å²) in [6.45, 7) is 5.72. The highest BCUT2D eigenvalue weighted by molar-refractivity contribution is 5.94. The highest BCUT2D eigenvalue weighted by Gasteiger charge is 2.58. The van der Waals surface area contributed by atoms with Gasteiger partial charge in [-0.1, -0.05) is 25.5 Å². The third kappa shape index (κ3) is 5.76. The minimum Gasteiger partial charge on any atom is -0.463 e. The number of aromatic nitrogens is 2. The Morgan fingerprint density at radius 1 is 1.03 bits per heavy atom. The Bertz CT molecular complexity index is 1060. The van der Waals surface area contributed by atoms with Gasteiger partial charge in [-0.05, 0) is 74.7 Å². The number of hydrogen-bond acceptors (Lipinski definition) is 5. The average molecular weight is 517 g/mol. The van der Waals surface area contributed by atoms with Gasteiger partial charge in [-0.15, -0.1) is 0 Å². The second kappa shape index (κ2) is 10.6. The van der Waals surface area contributed by atoms with Crippen molar-refractivity contribution in [3.63, 3.8) is 0 Å². The maximum atomic E-state index is 13.5. The Hall–Kier alpha value is -2.68. The molecule has 2 aromatic rings. The number of hydrogen-bond donors (Lipinski definition) is 0. The summed E-state index contributed by atoms with van der Waals surface area (Å²) in [4.78, 5) is 25.2. The van der Waals surface area contributed by atoms with Gasteiger partial charge in [-0.25, -0.2) is 9.97 Å². The summed E-state index contributed by atoms with van der Waals surface area (Å²) in [6.07, 6.45) is 3.17. The van der Waals surface area contributed by atoms with Crippen molar-refractivity contribution in [1.82, 2.24) is 19.8 Å². The first-order valence-corrected chi connectivity index (χ1v) is 13.4. The summed E-state index contributed by atoms with van der Waals surface area (Å²) in [7, 11) is 0. The Morgan fingerprint density at radius 2 is 1.70 bits per heavy atom. The molecule has 0 bridgehead atoms. The standard InChI is InChI=1S/C28H35F3N4O2/c1-20-7-14-35(17-20)25(36)23-5-3-22(4-6-23)24-15-32-26(33-16-24)37-18-21-8-12-34(13-9-21)19-27(10-2-11-27)28(29,30)31/h3-6,15-16,20-21H,2,7-14,17-19H2,1H3/t20-/m0/s1. The molecule has 3 aliphatic rings. The van der Waals surface area contributed by atoms with Crippen LogP contribution in [-0.2, 0) is 0 Å². The fourth-order valence-electron chi connectivity index (χ4n) is 5.71. The van der Waals surface area contributed by atoms with Gasteiger partial charge in [0.05, 0.1) is 12.0 Å². The number of carbonyl (C=O) groups excluding carboxylic acids is 1. The highest BCUT2D eigenvalue weighted by atomic mass is 19.4. The van der Waals surface area contributed by atoms with Gasteiger partial charge in [0.15, 0.2) is 0 Å². The number of amides is 1. The fourth-order valence-corrected chi connectivity index (χ4v) is 5.71. The van der Waals surface area contributed by atoms with Crippen LogP contribution in [0.1, 0.15) is 55.8 Å². The zero-order valence-electron chi connectivity index (χ0n) is 21.3. The summed E-state index contributed by atoms with van der Waals surface area (Å²) in [5.41, 5.74) is 0.956. The number of ether oxygens (including phenoxy) is 1. The minimum absolute atomic E-state index is 0.0737. The smallest absolute Gasteiger partial charge is 0.395 e. The summed E-state index contributed by atoms with van der Waals surface area (Å²) < 4.78 is 46.2. The van der Waals surface area contributed by atoms with Crippen LogP contribution in [0.25, 0.3) is 11.1 Å². The lowest BCUT2D eigenvalue weighted by Crippen LogP contribution is -2.53. The molecule has 1 amide bonds. The highest BCUT2D eigenvalue weighted by Crippen LogP contribution is 2.53. The number of nitrogens with zero attached hydrogens (tertiary/aromatic N) is 4. The summed E-state index contributed by atoms with van der Waals surface area (Å²) in [5.74, 6) is 0.910. The number of piperidine rings is 1. The zero-order valence-corrected chi connectivity index (χ0v) is 21.3. The molecule has 0 spiro atoms. The van der Waals surface area contributed by atoms with E-state index in [1.54, 1.807) is 12.4 Å². The molecule has 5 rings (SSSR count). The largest absolute Gasteiger partial charge is 0.463 e. The van der Waals surface area contributed by atoms with Gasteiger partial charge in [-0.3, -0.25) is 4.79 Å². The first-order chi connectivity index (χ1) is 17.7. The van der Waals surface area contributed by atoms with E-state index in [4.69, 9.17) is 4.74 Å². The molecular formula is C28H35F3N4O2. The Balaban J connectivity index is 1.08. The number of halogens is 3. The van der Waals surface area contributed by atoms with E-state index in [1.165, 1.54) is 0 Å². The monoisotopic (exact) mass is 516 g/mol. The van der Waals surface area contributed by atoms with E-state index in [2.05, 4.69) is 16.9 Å². The second-order valence-electron chi connectivity index (χ2n) is 11.1. The third-order valence-electron chi connectivity index (χ3n) is 8.40. The van der Waals surface area contributed by atoms with Crippen LogP contribution in [-0.4, -0.2) is 71.2 Å². The zero-order chi connectivity index (χ0) is 26.0. The minimum atomic E-state index is -4.11. The number of benzene rings is 1. The van der Waals surface area contributed by atoms with E-state index in [0.717, 1.165) is 43.5 Å². The molecule has 9 heteroatoms. The van der Waals surface area contributed by atoms with Crippen molar-refractivity contribution in [3.05, 3.63) is 42.2 Å². The van der Waals surface area contributed by atoms with Crippen molar-refractivity contribution >= 4 is 5.91 Å². The van der Waals surface area contributed by atoms with Crippen LogP contribution in [0.15, 0.2) is 36.7 Å². The van der Waals surface area contributed by atoms with Crippen molar-refractivity contribution in [2.75, 3.05) is 39.3 Å². The van der Waals surface area contributed by atoms with Crippen LogP contribution in [0.3, 0.4) is 0 Å². The molecule has 200 valence electrons. The number of rotatable bonds is 7. The van der Waals surface area contributed by atoms with Crippen molar-refractivity contribution in [2.45, 2.75) is 51.6 Å². The molecule has 1 aromatic heterocycles. The molecule has 1 aromatic carbocycles. The molecular weight excluding hydrogens is 481 g/mol. The van der Waals surface area contributed by atoms with Crippen molar-refractivity contribution < 1.29 is 22.7 Å². The van der Waals surface area contributed by atoms with Gasteiger partial charge in [0.25, 0.3) is 5.91 Å². The maximum absolute atomic E-state index is 13.5. The predicted molar refractivity (Wildman–Crippen MR) is 134 cm³/mol. The van der Waals surface area contributed by atoms with Gasteiger partial charge >= 0.3 is 12.2 Å². The van der Waals surface area contributed by atoms with Crippen LogP contribution in [0.5, 0.6) is 6.01 Å². The van der Waals surface area contributed by atoms with Gasteiger partial charge in [0.1, 0.15) is 0 Å². The van der Waals surface area contributed by atoms with Gasteiger partial charge in [-0.2, -0.15) is 13.2 Å². The van der Waals surface area contributed by atoms with Crippen LogP contribution in [0, 0.1) is 17.3 Å². The van der Waals surface area contributed by atoms with E-state index < -0.39 is 11.6 Å². The quantitative estimate of drug-likeness (QED) is 0.490. The number of alkyl halides is 3. The molecule has 37 heavy (non-hydrogen) atoms. The Kier molecular flexibility index (Phi) is 7.43. The molecule has 1 saturated carbocycles. The lowest BCUT2D eigenvalue weighted by atomic mass is 9.67. The molecule has 2 saturated heterocycles. The molecule has 1 atom stereocenters. The lowest BCUT2D eigenvalue weighted by Gasteiger charge is -2.47. The Morgan fingerprint density at radius 3 is 2.24 bits per heavy atom. The van der Waals surface area contributed by atoms with Gasteiger partial charge in [0.2, 0.25) is 0 Å². The van der Waals surface area contributed by atoms with Gasteiger partial charge in [0, 0.05) is 43.2 Å². The second-order valence-corrected chi connectivity index (χ2v) is 11.1. The summed E-state index contributed by atoms with van der Waals surface area (Å²) in [5, 5.41) is 0. The normalized spacial score (nSPS) is 22.6. The number of likely N-dealkylation sites (tertiary alicyclic amines) is 2. The summed E-state index contributed by atoms with van der Waals surface area (Å²) >= 11 is 0. The van der Waals surface area contributed by atoms with Crippen LogP contribution in [0.4, 0.5) is 13.2 Å². The Labute approximate surface area is 216 Å². The van der Waals surface area contributed by atoms with E-state index in [1.807, 2.05) is 34.1 Å². The fraction of sp³-hybridized carbons (Fsp3) is 0.607. The van der Waals surface area contributed by atoms with Crippen molar-refractivity contribution in [1.29, 1.82) is 0 Å². The molecule has 2 aliphatic heterocycles. The van der Waals surface area contributed by atoms with Crippen LogP contribution < -0.4 is 4.74 Å². The third-order valence-corrected chi connectivity index (χ3v) is 8.40. The molecule has 0 N–H and O–H groups in total. The topological polar surface area (TPSA) is 58.6 Å². The molecule has 0 unspecified atom stereocenters. The summed E-state index contributed by atoms with van der Waals surface area (Å²) in [6, 6.07) is 7.81. The van der Waals surface area contributed by atoms with E-state index in [9.17, 15) is 18.0 Å². The molecule has 3 fully saturated rings. The predicted octanol–water partition coefficient (Wildman–Crippen LogP) is 5.45. The molecule has 6 nitrogen and oxygen atoms in total.